The van der Waals surface area contributed by atoms with Crippen LogP contribution in [0.15, 0.2) is 24.7 Å². The average Bonchev–Trinajstić information content (AvgIpc) is 3.26. The summed E-state index contributed by atoms with van der Waals surface area (Å²) >= 11 is 5.88. The van der Waals surface area contributed by atoms with Gasteiger partial charge in [0, 0.05) is 12.4 Å². The van der Waals surface area contributed by atoms with E-state index in [1.54, 1.807) is 10.9 Å². The van der Waals surface area contributed by atoms with Gasteiger partial charge in [0.15, 0.2) is 11.3 Å². The minimum Gasteiger partial charge on any atom is -0.319 e. The lowest BCUT2D eigenvalue weighted by Crippen LogP contribution is -2.17. The maximum Gasteiger partial charge on any atom is 0.284 e. The highest BCUT2D eigenvalue weighted by atomic mass is 35.5. The number of nitrogens with zero attached hydrogens (tertiary/aromatic N) is 5. The van der Waals surface area contributed by atoms with Crippen molar-refractivity contribution < 1.29 is 13.6 Å². The monoisotopic (exact) mass is 408 g/mol. The van der Waals surface area contributed by atoms with Crippen LogP contribution in [0.3, 0.4) is 0 Å². The minimum atomic E-state index is -2.80. The van der Waals surface area contributed by atoms with E-state index >= 15 is 0 Å². The number of hydrogen-bond acceptors (Lipinski definition) is 4. The van der Waals surface area contributed by atoms with Crippen LogP contribution in [0, 0.1) is 5.92 Å². The number of rotatable bonds is 4. The molecule has 4 rings (SSSR count). The largest absolute Gasteiger partial charge is 0.319 e. The van der Waals surface area contributed by atoms with Crippen molar-refractivity contribution in [2.24, 2.45) is 5.92 Å². The number of halogens is 3. The summed E-state index contributed by atoms with van der Waals surface area (Å²) in [6, 6.07) is 1.60. The molecule has 0 spiro atoms. The van der Waals surface area contributed by atoms with E-state index in [1.807, 2.05) is 0 Å². The number of aromatic nitrogens is 5. The lowest BCUT2D eigenvalue weighted by molar-refractivity contribution is 0.102. The summed E-state index contributed by atoms with van der Waals surface area (Å²) in [5, 5.41) is 10.8. The number of nitrogens with one attached hydrogen (secondary N) is 1. The molecule has 10 heteroatoms. The van der Waals surface area contributed by atoms with Crippen molar-refractivity contribution in [2.45, 2.75) is 45.1 Å². The highest BCUT2D eigenvalue weighted by Gasteiger charge is 2.26. The van der Waals surface area contributed by atoms with Gasteiger partial charge in [0.1, 0.15) is 10.7 Å². The zero-order valence-corrected chi connectivity index (χ0v) is 15.9. The molecule has 3 aromatic heterocycles. The van der Waals surface area contributed by atoms with Gasteiger partial charge in [-0.3, -0.25) is 9.48 Å². The summed E-state index contributed by atoms with van der Waals surface area (Å²) in [5.74, 6) is 0.0407. The lowest BCUT2D eigenvalue weighted by atomic mass is 9.87. The second-order valence-electron chi connectivity index (χ2n) is 7.15. The Kier molecular flexibility index (Phi) is 5.01. The molecule has 3 heterocycles. The fourth-order valence-corrected chi connectivity index (χ4v) is 3.69. The molecule has 1 amide bonds. The fraction of sp³-hybridized carbons (Fsp3) is 0.444. The van der Waals surface area contributed by atoms with Crippen LogP contribution in [0.25, 0.3) is 5.65 Å². The van der Waals surface area contributed by atoms with E-state index in [0.717, 1.165) is 25.7 Å². The second kappa shape index (κ2) is 7.46. The van der Waals surface area contributed by atoms with Crippen molar-refractivity contribution in [3.8, 4) is 0 Å². The summed E-state index contributed by atoms with van der Waals surface area (Å²) in [5.41, 5.74) is -0.0475. The Labute approximate surface area is 164 Å². The molecule has 0 saturated heterocycles. The molecule has 1 N–H and O–H groups in total. The Hall–Kier alpha value is -2.55. The molecule has 0 bridgehead atoms. The van der Waals surface area contributed by atoms with Gasteiger partial charge in [0.05, 0.1) is 17.9 Å². The number of carbonyl (C=O) groups is 1. The molecular weight excluding hydrogens is 390 g/mol. The molecule has 0 aromatic carbocycles. The first kappa shape index (κ1) is 18.8. The third-order valence-electron chi connectivity index (χ3n) is 5.15. The van der Waals surface area contributed by atoms with Crippen LogP contribution in [0.1, 0.15) is 61.1 Å². The summed E-state index contributed by atoms with van der Waals surface area (Å²) in [6.45, 7) is 2.19. The van der Waals surface area contributed by atoms with E-state index in [4.69, 9.17) is 11.6 Å². The Morgan fingerprint density at radius 2 is 2.07 bits per heavy atom. The van der Waals surface area contributed by atoms with E-state index in [-0.39, 0.29) is 28.1 Å². The highest BCUT2D eigenvalue weighted by molar-refractivity contribution is 6.29. The SMILES string of the molecule is C[C@H]1CC[C@H](n2cc(NC(=O)c3cnn4ccc(Cl)nc34)c(C(F)F)n2)CC1. The van der Waals surface area contributed by atoms with E-state index in [2.05, 4.69) is 27.4 Å². The first-order valence-corrected chi connectivity index (χ1v) is 9.48. The van der Waals surface area contributed by atoms with Crippen molar-refractivity contribution in [1.82, 2.24) is 24.4 Å². The Balaban J connectivity index is 1.61. The summed E-state index contributed by atoms with van der Waals surface area (Å²) < 4.78 is 29.9. The average molecular weight is 409 g/mol. The van der Waals surface area contributed by atoms with Gasteiger partial charge in [-0.2, -0.15) is 10.2 Å². The number of hydrogen-bond donors (Lipinski definition) is 1. The van der Waals surface area contributed by atoms with Gasteiger partial charge in [-0.05, 0) is 37.7 Å². The number of carbonyl (C=O) groups excluding carboxylic acids is 1. The molecule has 0 aliphatic heterocycles. The van der Waals surface area contributed by atoms with Crippen LogP contribution in [0.2, 0.25) is 5.15 Å². The fourth-order valence-electron chi connectivity index (χ4n) is 3.55. The van der Waals surface area contributed by atoms with Crippen LogP contribution >= 0.6 is 11.6 Å². The van der Waals surface area contributed by atoms with Gasteiger partial charge in [-0.25, -0.2) is 18.3 Å². The molecular formula is C18H19ClF2N6O. The predicted octanol–water partition coefficient (Wildman–Crippen LogP) is 4.52. The Morgan fingerprint density at radius 1 is 1.32 bits per heavy atom. The minimum absolute atomic E-state index is 0. The first-order chi connectivity index (χ1) is 13.4. The van der Waals surface area contributed by atoms with Gasteiger partial charge in [-0.15, -0.1) is 0 Å². The van der Waals surface area contributed by atoms with Crippen LogP contribution in [-0.2, 0) is 0 Å². The topological polar surface area (TPSA) is 77.1 Å². The van der Waals surface area contributed by atoms with Crippen molar-refractivity contribution in [3.63, 3.8) is 0 Å². The van der Waals surface area contributed by atoms with E-state index in [1.165, 1.54) is 23.0 Å². The summed E-state index contributed by atoms with van der Waals surface area (Å²) in [4.78, 5) is 16.8. The molecule has 7 nitrogen and oxygen atoms in total. The van der Waals surface area contributed by atoms with E-state index < -0.39 is 18.0 Å². The smallest absolute Gasteiger partial charge is 0.284 e. The molecule has 1 saturated carbocycles. The third-order valence-corrected chi connectivity index (χ3v) is 5.37. The molecule has 0 radical (unpaired) electrons. The predicted molar refractivity (Wildman–Crippen MR) is 99.8 cm³/mol. The van der Waals surface area contributed by atoms with Crippen LogP contribution < -0.4 is 5.32 Å². The van der Waals surface area contributed by atoms with Gasteiger partial charge < -0.3 is 5.32 Å². The Bertz CT molecular complexity index is 1010. The number of alkyl halides is 2. The van der Waals surface area contributed by atoms with Crippen molar-refractivity contribution in [2.75, 3.05) is 5.32 Å². The second-order valence-corrected chi connectivity index (χ2v) is 7.54. The van der Waals surface area contributed by atoms with E-state index in [0.29, 0.717) is 5.92 Å². The van der Waals surface area contributed by atoms with Crippen LogP contribution in [0.5, 0.6) is 0 Å². The molecule has 3 aromatic rings. The van der Waals surface area contributed by atoms with Crippen molar-refractivity contribution in [3.05, 3.63) is 41.1 Å². The Morgan fingerprint density at radius 3 is 2.79 bits per heavy atom. The van der Waals surface area contributed by atoms with Gasteiger partial charge in [-0.1, -0.05) is 18.5 Å². The first-order valence-electron chi connectivity index (χ1n) is 9.11. The van der Waals surface area contributed by atoms with Crippen LogP contribution in [-0.4, -0.2) is 30.3 Å². The summed E-state index contributed by atoms with van der Waals surface area (Å²) in [6.07, 6.45) is 5.42. The number of amides is 1. The molecule has 1 fully saturated rings. The molecule has 1 aliphatic rings. The quantitative estimate of drug-likeness (QED) is 0.644. The molecule has 148 valence electrons. The van der Waals surface area contributed by atoms with Gasteiger partial charge in [0.25, 0.3) is 12.3 Å². The zero-order chi connectivity index (χ0) is 19.8. The molecule has 0 unspecified atom stereocenters. The van der Waals surface area contributed by atoms with E-state index in [9.17, 15) is 13.6 Å². The van der Waals surface area contributed by atoms with Crippen molar-refractivity contribution >= 4 is 28.8 Å². The highest BCUT2D eigenvalue weighted by Crippen LogP contribution is 2.34. The van der Waals surface area contributed by atoms with Gasteiger partial charge in [0.2, 0.25) is 0 Å². The third kappa shape index (κ3) is 3.58. The maximum absolute atomic E-state index is 13.5. The number of fused-ring (bicyclic) bond motifs is 1. The number of anilines is 1. The van der Waals surface area contributed by atoms with Crippen LogP contribution in [0.4, 0.5) is 14.5 Å². The standard InChI is InChI=1S/C18H19ClF2N6O/c1-10-2-4-11(5-3-10)27-9-13(15(25-27)16(20)21)23-18(28)12-8-22-26-7-6-14(19)24-17(12)26/h6-11,16H,2-5H2,1H3,(H,23,28)/t10-,11-. The molecule has 28 heavy (non-hydrogen) atoms. The molecule has 1 aliphatic carbocycles. The van der Waals surface area contributed by atoms with Crippen molar-refractivity contribution in [1.29, 1.82) is 0 Å². The summed E-state index contributed by atoms with van der Waals surface area (Å²) in [7, 11) is 0. The zero-order valence-electron chi connectivity index (χ0n) is 15.1. The molecule has 0 atom stereocenters. The lowest BCUT2D eigenvalue weighted by Gasteiger charge is -2.26. The normalized spacial score (nSPS) is 20.0. The van der Waals surface area contributed by atoms with Gasteiger partial charge >= 0.3 is 0 Å². The maximum atomic E-state index is 13.5.